The van der Waals surface area contributed by atoms with Gasteiger partial charge in [0.25, 0.3) is 0 Å². The number of alkyl halides is 1. The van der Waals surface area contributed by atoms with Crippen LogP contribution in [-0.2, 0) is 9.53 Å². The normalized spacial score (nSPS) is 33.7. The van der Waals surface area contributed by atoms with E-state index in [2.05, 4.69) is 15.9 Å². The number of esters is 1. The van der Waals surface area contributed by atoms with Gasteiger partial charge in [-0.3, -0.25) is 9.59 Å². The van der Waals surface area contributed by atoms with E-state index >= 15 is 0 Å². The summed E-state index contributed by atoms with van der Waals surface area (Å²) in [5.74, 6) is 0.132. The molecule has 4 aliphatic carbocycles. The predicted molar refractivity (Wildman–Crippen MR) is 102 cm³/mol. The zero-order valence-electron chi connectivity index (χ0n) is 15.4. The van der Waals surface area contributed by atoms with Crippen LogP contribution < -0.4 is 4.74 Å². The molecule has 4 nitrogen and oxygen atoms in total. The van der Waals surface area contributed by atoms with Gasteiger partial charge in [0.1, 0.15) is 0 Å². The van der Waals surface area contributed by atoms with Crippen LogP contribution in [0.15, 0.2) is 18.2 Å². The third-order valence-electron chi connectivity index (χ3n) is 6.47. The highest BCUT2D eigenvalue weighted by Gasteiger charge is 2.57. The second kappa shape index (κ2) is 6.87. The molecular formula is C21H24BrFO4. The summed E-state index contributed by atoms with van der Waals surface area (Å²) in [6.45, 7) is -0.354. The third-order valence-corrected chi connectivity index (χ3v) is 7.40. The second-order valence-corrected chi connectivity index (χ2v) is 10.4. The molecular weight excluding hydrogens is 415 g/mol. The summed E-state index contributed by atoms with van der Waals surface area (Å²) in [4.78, 5) is 24.7. The van der Waals surface area contributed by atoms with Crippen molar-refractivity contribution in [3.63, 3.8) is 0 Å². The van der Waals surface area contributed by atoms with Crippen LogP contribution >= 0.6 is 15.9 Å². The molecule has 4 fully saturated rings. The number of carbonyl (C=O) groups is 2. The number of rotatable bonds is 6. The van der Waals surface area contributed by atoms with Crippen molar-refractivity contribution in [3.8, 4) is 5.75 Å². The van der Waals surface area contributed by atoms with E-state index in [1.165, 1.54) is 38.5 Å². The quantitative estimate of drug-likeness (QED) is 0.367. The highest BCUT2D eigenvalue weighted by Crippen LogP contribution is 2.65. The molecule has 2 atom stereocenters. The minimum Gasteiger partial charge on any atom is -0.494 e. The summed E-state index contributed by atoms with van der Waals surface area (Å²) < 4.78 is 24.0. The lowest BCUT2D eigenvalue weighted by Crippen LogP contribution is -2.53. The molecule has 1 aromatic rings. The maximum atomic E-state index is 13.7. The molecule has 0 aromatic heterocycles. The Kier molecular flexibility index (Phi) is 4.81. The van der Waals surface area contributed by atoms with Crippen molar-refractivity contribution in [3.05, 3.63) is 29.6 Å². The topological polar surface area (TPSA) is 52.6 Å². The number of carbonyl (C=O) groups excluding carboxylic acids is 2. The Labute approximate surface area is 166 Å². The van der Waals surface area contributed by atoms with Gasteiger partial charge in [0, 0.05) is 9.89 Å². The Morgan fingerprint density at radius 1 is 1.22 bits per heavy atom. The standard InChI is InChI=1S/C21H24BrFO4/c1-26-18-3-2-15(5-16(18)23)17(24)11-27-19(25)10-20-6-13-4-14(7-20)9-21(22,8-13)12-20/h2-3,5,13-14H,4,6-12H2,1H3. The van der Waals surface area contributed by atoms with E-state index < -0.39 is 11.6 Å². The Balaban J connectivity index is 1.35. The molecule has 0 radical (unpaired) electrons. The monoisotopic (exact) mass is 438 g/mol. The first-order valence-corrected chi connectivity index (χ1v) is 10.3. The fourth-order valence-electron chi connectivity index (χ4n) is 5.97. The summed E-state index contributed by atoms with van der Waals surface area (Å²) >= 11 is 3.94. The van der Waals surface area contributed by atoms with Crippen molar-refractivity contribution in [2.24, 2.45) is 17.3 Å². The molecule has 146 valence electrons. The van der Waals surface area contributed by atoms with Crippen LogP contribution in [0, 0.1) is 23.1 Å². The fraction of sp³-hybridized carbons (Fsp3) is 0.619. The van der Waals surface area contributed by atoms with Crippen molar-refractivity contribution in [1.29, 1.82) is 0 Å². The van der Waals surface area contributed by atoms with Crippen LogP contribution in [0.2, 0.25) is 0 Å². The van der Waals surface area contributed by atoms with E-state index in [-0.39, 0.29) is 33.6 Å². The minimum absolute atomic E-state index is 0.0138. The number of hydrogen-bond acceptors (Lipinski definition) is 4. The number of ether oxygens (including phenoxy) is 2. The average molecular weight is 439 g/mol. The van der Waals surface area contributed by atoms with E-state index in [9.17, 15) is 14.0 Å². The van der Waals surface area contributed by atoms with Gasteiger partial charge in [-0.25, -0.2) is 4.39 Å². The molecule has 0 spiro atoms. The maximum Gasteiger partial charge on any atom is 0.306 e. The first-order valence-electron chi connectivity index (χ1n) is 9.51. The van der Waals surface area contributed by atoms with Crippen LogP contribution in [0.5, 0.6) is 5.75 Å². The molecule has 4 bridgehead atoms. The number of benzene rings is 1. The van der Waals surface area contributed by atoms with Crippen LogP contribution in [0.3, 0.4) is 0 Å². The number of ketones is 1. The van der Waals surface area contributed by atoms with E-state index in [1.54, 1.807) is 0 Å². The Hall–Kier alpha value is -1.43. The van der Waals surface area contributed by atoms with Crippen LogP contribution in [0.4, 0.5) is 4.39 Å². The molecule has 2 unspecified atom stereocenters. The summed E-state index contributed by atoms with van der Waals surface area (Å²) in [5, 5.41) is 0. The summed E-state index contributed by atoms with van der Waals surface area (Å²) in [5.41, 5.74) is 0.190. The first kappa shape index (κ1) is 18.9. The average Bonchev–Trinajstić information content (AvgIpc) is 2.57. The van der Waals surface area contributed by atoms with Gasteiger partial charge in [0.2, 0.25) is 0 Å². The molecule has 4 aliphatic rings. The van der Waals surface area contributed by atoms with Gasteiger partial charge >= 0.3 is 5.97 Å². The van der Waals surface area contributed by atoms with E-state index in [0.717, 1.165) is 25.3 Å². The first-order chi connectivity index (χ1) is 12.8. The zero-order valence-corrected chi connectivity index (χ0v) is 17.0. The highest BCUT2D eigenvalue weighted by molar-refractivity contribution is 9.10. The van der Waals surface area contributed by atoms with E-state index in [1.807, 2.05) is 0 Å². The molecule has 0 N–H and O–H groups in total. The maximum absolute atomic E-state index is 13.7. The summed E-state index contributed by atoms with van der Waals surface area (Å²) in [6.07, 6.45) is 7.26. The molecule has 0 aliphatic heterocycles. The van der Waals surface area contributed by atoms with Crippen molar-refractivity contribution < 1.29 is 23.5 Å². The van der Waals surface area contributed by atoms with Gasteiger partial charge in [-0.15, -0.1) is 0 Å². The van der Waals surface area contributed by atoms with Crippen molar-refractivity contribution >= 4 is 27.7 Å². The van der Waals surface area contributed by atoms with Crippen LogP contribution in [0.25, 0.3) is 0 Å². The second-order valence-electron chi connectivity index (χ2n) is 8.72. The van der Waals surface area contributed by atoms with E-state index in [0.29, 0.717) is 18.3 Å². The molecule has 0 amide bonds. The van der Waals surface area contributed by atoms with Gasteiger partial charge in [-0.1, -0.05) is 15.9 Å². The number of methoxy groups -OCH3 is 1. The highest BCUT2D eigenvalue weighted by atomic mass is 79.9. The summed E-state index contributed by atoms with van der Waals surface area (Å²) in [6, 6.07) is 3.99. The van der Waals surface area contributed by atoms with Crippen molar-refractivity contribution in [2.45, 2.75) is 49.3 Å². The molecule has 1 aromatic carbocycles. The van der Waals surface area contributed by atoms with Crippen molar-refractivity contribution in [1.82, 2.24) is 0 Å². The molecule has 4 saturated carbocycles. The zero-order chi connectivity index (χ0) is 19.2. The molecule has 5 rings (SSSR count). The fourth-order valence-corrected chi connectivity index (χ4v) is 7.48. The van der Waals surface area contributed by atoms with E-state index in [4.69, 9.17) is 9.47 Å². The summed E-state index contributed by atoms with van der Waals surface area (Å²) in [7, 11) is 1.36. The van der Waals surface area contributed by atoms with Gasteiger partial charge < -0.3 is 9.47 Å². The molecule has 6 heteroatoms. The third kappa shape index (κ3) is 3.78. The Bertz CT molecular complexity index is 763. The minimum atomic E-state index is -0.606. The van der Waals surface area contributed by atoms with Gasteiger partial charge in [0.05, 0.1) is 13.5 Å². The van der Waals surface area contributed by atoms with Gasteiger partial charge in [-0.05, 0) is 74.0 Å². The molecule has 0 heterocycles. The van der Waals surface area contributed by atoms with Crippen LogP contribution in [-0.4, -0.2) is 29.8 Å². The number of halogens is 2. The molecule has 0 saturated heterocycles. The largest absolute Gasteiger partial charge is 0.494 e. The number of Topliss-reactive ketones (excluding diaryl/α,β-unsaturated/α-hetero) is 1. The SMILES string of the molecule is COc1ccc(C(=O)COC(=O)CC23CC4CC(CC(Br)(C4)C2)C3)cc1F. The van der Waals surface area contributed by atoms with Gasteiger partial charge in [0.15, 0.2) is 24.0 Å². The van der Waals surface area contributed by atoms with Crippen LogP contribution in [0.1, 0.15) is 55.3 Å². The molecule has 27 heavy (non-hydrogen) atoms. The lowest BCUT2D eigenvalue weighted by molar-refractivity contribution is -0.149. The number of hydrogen-bond donors (Lipinski definition) is 0. The van der Waals surface area contributed by atoms with Gasteiger partial charge in [-0.2, -0.15) is 0 Å². The predicted octanol–water partition coefficient (Wildman–Crippen LogP) is 4.68. The Morgan fingerprint density at radius 3 is 2.52 bits per heavy atom. The van der Waals surface area contributed by atoms with Crippen molar-refractivity contribution in [2.75, 3.05) is 13.7 Å². The lowest BCUT2D eigenvalue weighted by Gasteiger charge is -2.60. The lowest BCUT2D eigenvalue weighted by atomic mass is 9.49. The Morgan fingerprint density at radius 2 is 1.93 bits per heavy atom. The smallest absolute Gasteiger partial charge is 0.306 e.